The largest absolute Gasteiger partial charge is 0.480 e. The summed E-state index contributed by atoms with van der Waals surface area (Å²) in [6, 6.07) is 9.54. The molecule has 1 aromatic carbocycles. The molecule has 0 fully saturated rings. The minimum absolute atomic E-state index is 0.121. The molecule has 2 heterocycles. The standard InChI is InChI=1S/C16H17NO2S/c1-11(13-7-9-20-10-13)17-8-6-12-4-2-3-5-14(12)15(17)16(18)19/h2-5,7,9-11,15H,6,8H2,1H3,(H,18,19). The number of hydrogen-bond donors (Lipinski definition) is 1. The lowest BCUT2D eigenvalue weighted by atomic mass is 9.90. The minimum atomic E-state index is -0.765. The molecule has 2 unspecified atom stereocenters. The fourth-order valence-electron chi connectivity index (χ4n) is 2.98. The third kappa shape index (κ3) is 2.25. The topological polar surface area (TPSA) is 40.5 Å². The second kappa shape index (κ2) is 5.38. The van der Waals surface area contributed by atoms with Crippen LogP contribution in [-0.2, 0) is 11.2 Å². The Hall–Kier alpha value is -1.65. The van der Waals surface area contributed by atoms with Crippen molar-refractivity contribution in [2.45, 2.75) is 25.4 Å². The van der Waals surface area contributed by atoms with Crippen molar-refractivity contribution in [3.05, 3.63) is 57.8 Å². The van der Waals surface area contributed by atoms with Gasteiger partial charge in [-0.2, -0.15) is 11.3 Å². The van der Waals surface area contributed by atoms with E-state index in [1.54, 1.807) is 11.3 Å². The van der Waals surface area contributed by atoms with Crippen molar-refractivity contribution in [2.75, 3.05) is 6.54 Å². The zero-order chi connectivity index (χ0) is 14.1. The van der Waals surface area contributed by atoms with Crippen LogP contribution in [0, 0.1) is 0 Å². The van der Waals surface area contributed by atoms with Gasteiger partial charge in [-0.3, -0.25) is 9.69 Å². The summed E-state index contributed by atoms with van der Waals surface area (Å²) >= 11 is 1.65. The molecule has 0 saturated carbocycles. The van der Waals surface area contributed by atoms with Gasteiger partial charge in [-0.1, -0.05) is 24.3 Å². The van der Waals surface area contributed by atoms with Gasteiger partial charge in [0, 0.05) is 12.6 Å². The maximum Gasteiger partial charge on any atom is 0.325 e. The van der Waals surface area contributed by atoms with Crippen molar-refractivity contribution in [2.24, 2.45) is 0 Å². The highest BCUT2D eigenvalue weighted by atomic mass is 32.1. The van der Waals surface area contributed by atoms with E-state index in [0.717, 1.165) is 24.1 Å². The molecular formula is C16H17NO2S. The van der Waals surface area contributed by atoms with Gasteiger partial charge in [0.15, 0.2) is 0 Å². The quantitative estimate of drug-likeness (QED) is 0.939. The van der Waals surface area contributed by atoms with Crippen LogP contribution in [0.25, 0.3) is 0 Å². The Morgan fingerprint density at radius 1 is 1.40 bits per heavy atom. The highest BCUT2D eigenvalue weighted by Crippen LogP contribution is 2.36. The lowest BCUT2D eigenvalue weighted by Crippen LogP contribution is -2.41. The molecule has 0 bridgehead atoms. The average molecular weight is 287 g/mol. The van der Waals surface area contributed by atoms with Crippen LogP contribution in [0.3, 0.4) is 0 Å². The number of nitrogens with zero attached hydrogens (tertiary/aromatic N) is 1. The first-order valence-corrected chi connectivity index (χ1v) is 7.71. The van der Waals surface area contributed by atoms with Gasteiger partial charge in [0.25, 0.3) is 0 Å². The first-order valence-electron chi connectivity index (χ1n) is 6.77. The number of carbonyl (C=O) groups is 1. The Morgan fingerprint density at radius 3 is 2.90 bits per heavy atom. The van der Waals surface area contributed by atoms with Gasteiger partial charge in [0.2, 0.25) is 0 Å². The van der Waals surface area contributed by atoms with Crippen molar-refractivity contribution in [1.82, 2.24) is 4.90 Å². The number of benzene rings is 1. The number of fused-ring (bicyclic) bond motifs is 1. The fraction of sp³-hybridized carbons (Fsp3) is 0.312. The second-order valence-electron chi connectivity index (χ2n) is 5.16. The molecule has 0 radical (unpaired) electrons. The van der Waals surface area contributed by atoms with Crippen molar-refractivity contribution in [3.8, 4) is 0 Å². The molecule has 2 aromatic rings. The molecule has 0 spiro atoms. The summed E-state index contributed by atoms with van der Waals surface area (Å²) in [5.74, 6) is -0.765. The maximum atomic E-state index is 11.8. The fourth-order valence-corrected chi connectivity index (χ4v) is 3.73. The van der Waals surface area contributed by atoms with E-state index in [1.807, 2.05) is 29.6 Å². The SMILES string of the molecule is CC(c1ccsc1)N1CCc2ccccc2C1C(=O)O. The number of hydrogen-bond acceptors (Lipinski definition) is 3. The molecule has 0 amide bonds. The summed E-state index contributed by atoms with van der Waals surface area (Å²) in [7, 11) is 0. The van der Waals surface area contributed by atoms with Gasteiger partial charge in [0.1, 0.15) is 6.04 Å². The molecule has 4 heteroatoms. The summed E-state index contributed by atoms with van der Waals surface area (Å²) in [5.41, 5.74) is 3.29. The minimum Gasteiger partial charge on any atom is -0.480 e. The van der Waals surface area contributed by atoms with Gasteiger partial charge >= 0.3 is 5.97 Å². The molecule has 2 atom stereocenters. The Balaban J connectivity index is 1.98. The Bertz CT molecular complexity index is 609. The third-order valence-electron chi connectivity index (χ3n) is 4.08. The lowest BCUT2D eigenvalue weighted by molar-refractivity contribution is -0.145. The normalized spacial score (nSPS) is 20.4. The van der Waals surface area contributed by atoms with Gasteiger partial charge < -0.3 is 5.11 Å². The zero-order valence-corrected chi connectivity index (χ0v) is 12.1. The van der Waals surface area contributed by atoms with Crippen LogP contribution in [0.4, 0.5) is 0 Å². The van der Waals surface area contributed by atoms with E-state index >= 15 is 0 Å². The first kappa shape index (κ1) is 13.3. The van der Waals surface area contributed by atoms with Gasteiger partial charge in [-0.15, -0.1) is 0 Å². The first-order chi connectivity index (χ1) is 9.68. The van der Waals surface area contributed by atoms with E-state index < -0.39 is 12.0 Å². The summed E-state index contributed by atoms with van der Waals surface area (Å²) in [6.07, 6.45) is 0.911. The van der Waals surface area contributed by atoms with Crippen LogP contribution in [0.2, 0.25) is 0 Å². The smallest absolute Gasteiger partial charge is 0.325 e. The van der Waals surface area contributed by atoms with Crippen LogP contribution in [0.1, 0.15) is 35.7 Å². The Labute approximate surface area is 122 Å². The van der Waals surface area contributed by atoms with E-state index in [1.165, 1.54) is 5.56 Å². The Morgan fingerprint density at radius 2 is 2.20 bits per heavy atom. The van der Waals surface area contributed by atoms with E-state index in [9.17, 15) is 9.90 Å². The zero-order valence-electron chi connectivity index (χ0n) is 11.3. The number of rotatable bonds is 3. The van der Waals surface area contributed by atoms with Gasteiger partial charge in [0.05, 0.1) is 0 Å². The molecule has 1 aliphatic heterocycles. The van der Waals surface area contributed by atoms with Crippen molar-refractivity contribution >= 4 is 17.3 Å². The van der Waals surface area contributed by atoms with Gasteiger partial charge in [-0.05, 0) is 46.9 Å². The molecule has 3 nitrogen and oxygen atoms in total. The third-order valence-corrected chi connectivity index (χ3v) is 4.78. The van der Waals surface area contributed by atoms with Crippen molar-refractivity contribution < 1.29 is 9.90 Å². The van der Waals surface area contributed by atoms with Crippen LogP contribution in [-0.4, -0.2) is 22.5 Å². The average Bonchev–Trinajstić information content (AvgIpc) is 2.99. The molecule has 1 aromatic heterocycles. The number of carboxylic acids is 1. The molecule has 0 saturated heterocycles. The van der Waals surface area contributed by atoms with Crippen LogP contribution in [0.5, 0.6) is 0 Å². The summed E-state index contributed by atoms with van der Waals surface area (Å²) in [4.78, 5) is 13.9. The number of aliphatic carboxylic acids is 1. The molecule has 3 rings (SSSR count). The molecule has 104 valence electrons. The molecule has 0 aliphatic carbocycles. The van der Waals surface area contributed by atoms with E-state index in [4.69, 9.17) is 0 Å². The molecule has 1 aliphatic rings. The van der Waals surface area contributed by atoms with Crippen LogP contribution < -0.4 is 0 Å². The highest BCUT2D eigenvalue weighted by molar-refractivity contribution is 7.07. The van der Waals surface area contributed by atoms with E-state index in [-0.39, 0.29) is 6.04 Å². The molecular weight excluding hydrogens is 270 g/mol. The van der Waals surface area contributed by atoms with E-state index in [0.29, 0.717) is 0 Å². The van der Waals surface area contributed by atoms with Gasteiger partial charge in [-0.25, -0.2) is 0 Å². The summed E-state index contributed by atoms with van der Waals surface area (Å²) < 4.78 is 0. The predicted molar refractivity (Wildman–Crippen MR) is 80.0 cm³/mol. The predicted octanol–water partition coefficient (Wildman–Crippen LogP) is 3.49. The van der Waals surface area contributed by atoms with Crippen molar-refractivity contribution in [3.63, 3.8) is 0 Å². The summed E-state index contributed by atoms with van der Waals surface area (Å²) in [6.45, 7) is 2.87. The number of thiophene rings is 1. The monoisotopic (exact) mass is 287 g/mol. The summed E-state index contributed by atoms with van der Waals surface area (Å²) in [5, 5.41) is 13.8. The number of carboxylic acid groups (broad SMARTS) is 1. The molecule has 1 N–H and O–H groups in total. The second-order valence-corrected chi connectivity index (χ2v) is 5.94. The maximum absolute atomic E-state index is 11.8. The van der Waals surface area contributed by atoms with Crippen molar-refractivity contribution in [1.29, 1.82) is 0 Å². The van der Waals surface area contributed by atoms with E-state index in [2.05, 4.69) is 23.3 Å². The molecule has 20 heavy (non-hydrogen) atoms. The van der Waals surface area contributed by atoms with Crippen LogP contribution >= 0.6 is 11.3 Å². The highest BCUT2D eigenvalue weighted by Gasteiger charge is 2.35. The lowest BCUT2D eigenvalue weighted by Gasteiger charge is -2.38. The van der Waals surface area contributed by atoms with Crippen LogP contribution in [0.15, 0.2) is 41.1 Å². The Kier molecular flexibility index (Phi) is 3.59.